The van der Waals surface area contributed by atoms with Crippen molar-refractivity contribution in [3.05, 3.63) is 0 Å². The van der Waals surface area contributed by atoms with Crippen molar-refractivity contribution in [3.8, 4) is 0 Å². The lowest BCUT2D eigenvalue weighted by Gasteiger charge is -2.15. The fourth-order valence-corrected chi connectivity index (χ4v) is 2.39. The second kappa shape index (κ2) is 5.64. The van der Waals surface area contributed by atoms with Crippen molar-refractivity contribution in [2.75, 3.05) is 33.2 Å². The van der Waals surface area contributed by atoms with Crippen LogP contribution >= 0.6 is 0 Å². The zero-order valence-corrected chi connectivity index (χ0v) is 10.2. The van der Waals surface area contributed by atoms with Gasteiger partial charge in [-0.05, 0) is 38.8 Å². The largest absolute Gasteiger partial charge is 0.356 e. The number of amides is 1. The Bertz CT molecular complexity index is 240. The molecule has 16 heavy (non-hydrogen) atoms. The molecule has 1 saturated carbocycles. The molecule has 4 heteroatoms. The van der Waals surface area contributed by atoms with E-state index < -0.39 is 0 Å². The highest BCUT2D eigenvalue weighted by atomic mass is 16.1. The third-order valence-corrected chi connectivity index (χ3v) is 3.57. The van der Waals surface area contributed by atoms with Crippen LogP contribution in [-0.4, -0.2) is 50.1 Å². The van der Waals surface area contributed by atoms with E-state index in [2.05, 4.69) is 15.5 Å². The summed E-state index contributed by atoms with van der Waals surface area (Å²) in [7, 11) is 1.87. The number of rotatable bonds is 6. The van der Waals surface area contributed by atoms with Gasteiger partial charge in [0.2, 0.25) is 5.91 Å². The lowest BCUT2D eigenvalue weighted by molar-refractivity contribution is -0.121. The summed E-state index contributed by atoms with van der Waals surface area (Å²) in [6, 6.07) is 0.880. The average Bonchev–Trinajstić information content (AvgIpc) is 3.03. The highest BCUT2D eigenvalue weighted by Gasteiger charge is 2.34. The number of hydrogen-bond acceptors (Lipinski definition) is 3. The van der Waals surface area contributed by atoms with Crippen molar-refractivity contribution in [1.82, 2.24) is 15.5 Å². The molecule has 2 fully saturated rings. The van der Waals surface area contributed by atoms with Crippen molar-refractivity contribution in [1.29, 1.82) is 0 Å². The maximum atomic E-state index is 11.4. The molecule has 0 aromatic carbocycles. The minimum absolute atomic E-state index is 0.180. The smallest absolute Gasteiger partial charge is 0.221 e. The maximum absolute atomic E-state index is 11.4. The number of carbonyl (C=O) groups is 1. The molecule has 4 nitrogen and oxygen atoms in total. The van der Waals surface area contributed by atoms with Gasteiger partial charge < -0.3 is 15.5 Å². The Morgan fingerprint density at radius 3 is 2.88 bits per heavy atom. The Morgan fingerprint density at radius 2 is 2.19 bits per heavy atom. The van der Waals surface area contributed by atoms with Gasteiger partial charge in [0.25, 0.3) is 0 Å². The van der Waals surface area contributed by atoms with Gasteiger partial charge in [-0.2, -0.15) is 0 Å². The zero-order chi connectivity index (χ0) is 11.4. The van der Waals surface area contributed by atoms with Crippen molar-refractivity contribution < 1.29 is 4.79 Å². The first kappa shape index (κ1) is 11.9. The number of nitrogens with zero attached hydrogens (tertiary/aromatic N) is 1. The standard InChI is InChI=1S/C12H23N3O/c1-13-6-4-12(16)14-8-10-5-7-15(9-10)11-2-3-11/h10-11,13H,2-9H2,1H3,(H,14,16). The molecule has 0 aromatic rings. The Labute approximate surface area is 97.8 Å². The summed E-state index contributed by atoms with van der Waals surface area (Å²) in [6.07, 6.45) is 4.63. The van der Waals surface area contributed by atoms with E-state index in [1.165, 1.54) is 32.4 Å². The molecule has 0 bridgehead atoms. The minimum Gasteiger partial charge on any atom is -0.356 e. The Balaban J connectivity index is 1.58. The first-order valence-corrected chi connectivity index (χ1v) is 6.45. The van der Waals surface area contributed by atoms with E-state index in [0.717, 1.165) is 19.1 Å². The quantitative estimate of drug-likeness (QED) is 0.678. The van der Waals surface area contributed by atoms with E-state index in [4.69, 9.17) is 0 Å². The van der Waals surface area contributed by atoms with Crippen LogP contribution in [0.4, 0.5) is 0 Å². The molecule has 92 valence electrons. The fourth-order valence-electron chi connectivity index (χ4n) is 2.39. The maximum Gasteiger partial charge on any atom is 0.221 e. The van der Waals surface area contributed by atoms with Crippen molar-refractivity contribution >= 4 is 5.91 Å². The highest BCUT2D eigenvalue weighted by Crippen LogP contribution is 2.31. The van der Waals surface area contributed by atoms with Crippen LogP contribution in [0, 0.1) is 5.92 Å². The van der Waals surface area contributed by atoms with E-state index >= 15 is 0 Å². The summed E-state index contributed by atoms with van der Waals surface area (Å²) in [5, 5.41) is 6.02. The summed E-state index contributed by atoms with van der Waals surface area (Å²) < 4.78 is 0. The summed E-state index contributed by atoms with van der Waals surface area (Å²) in [5.41, 5.74) is 0. The highest BCUT2D eigenvalue weighted by molar-refractivity contribution is 5.76. The van der Waals surface area contributed by atoms with Gasteiger partial charge in [0.05, 0.1) is 0 Å². The molecule has 0 radical (unpaired) electrons. The van der Waals surface area contributed by atoms with Crippen LogP contribution in [0.3, 0.4) is 0 Å². The molecule has 1 aliphatic heterocycles. The third-order valence-electron chi connectivity index (χ3n) is 3.57. The monoisotopic (exact) mass is 225 g/mol. The number of hydrogen-bond donors (Lipinski definition) is 2. The molecule has 0 spiro atoms. The van der Waals surface area contributed by atoms with Gasteiger partial charge in [-0.25, -0.2) is 0 Å². The van der Waals surface area contributed by atoms with Crippen LogP contribution in [0.1, 0.15) is 25.7 Å². The van der Waals surface area contributed by atoms with Crippen LogP contribution in [0.15, 0.2) is 0 Å². The van der Waals surface area contributed by atoms with Crippen molar-refractivity contribution in [2.45, 2.75) is 31.7 Å². The molecule has 1 amide bonds. The zero-order valence-electron chi connectivity index (χ0n) is 10.2. The first-order chi connectivity index (χ1) is 7.79. The molecule has 1 aliphatic carbocycles. The van der Waals surface area contributed by atoms with Gasteiger partial charge in [-0.15, -0.1) is 0 Å². The van der Waals surface area contributed by atoms with Crippen LogP contribution in [0.2, 0.25) is 0 Å². The van der Waals surface area contributed by atoms with Crippen LogP contribution in [0.5, 0.6) is 0 Å². The van der Waals surface area contributed by atoms with Crippen LogP contribution < -0.4 is 10.6 Å². The molecular weight excluding hydrogens is 202 g/mol. The molecule has 2 N–H and O–H groups in total. The van der Waals surface area contributed by atoms with Crippen LogP contribution in [-0.2, 0) is 4.79 Å². The predicted octanol–water partition coefficient (Wildman–Crippen LogP) is 0.196. The van der Waals surface area contributed by atoms with Gasteiger partial charge in [-0.1, -0.05) is 0 Å². The second-order valence-corrected chi connectivity index (χ2v) is 5.04. The van der Waals surface area contributed by atoms with Gasteiger partial charge in [0.1, 0.15) is 0 Å². The molecular formula is C12H23N3O. The summed E-state index contributed by atoms with van der Waals surface area (Å²) in [6.45, 7) is 4.06. The van der Waals surface area contributed by atoms with E-state index in [9.17, 15) is 4.79 Å². The Morgan fingerprint density at radius 1 is 1.38 bits per heavy atom. The lowest BCUT2D eigenvalue weighted by Crippen LogP contribution is -2.32. The molecule has 1 heterocycles. The van der Waals surface area contributed by atoms with E-state index in [1.807, 2.05) is 7.05 Å². The average molecular weight is 225 g/mol. The Hall–Kier alpha value is -0.610. The minimum atomic E-state index is 0.180. The fraction of sp³-hybridized carbons (Fsp3) is 0.917. The molecule has 2 aliphatic rings. The summed E-state index contributed by atoms with van der Waals surface area (Å²) >= 11 is 0. The molecule has 2 rings (SSSR count). The SMILES string of the molecule is CNCCC(=O)NCC1CCN(C2CC2)C1. The van der Waals surface area contributed by atoms with Gasteiger partial charge in [0, 0.05) is 32.1 Å². The molecule has 1 atom stereocenters. The number of likely N-dealkylation sites (tertiary alicyclic amines) is 1. The summed E-state index contributed by atoms with van der Waals surface area (Å²) in [5.74, 6) is 0.860. The number of carbonyl (C=O) groups excluding carboxylic acids is 1. The Kier molecular flexibility index (Phi) is 4.18. The van der Waals surface area contributed by atoms with Gasteiger partial charge >= 0.3 is 0 Å². The van der Waals surface area contributed by atoms with E-state index in [-0.39, 0.29) is 5.91 Å². The lowest BCUT2D eigenvalue weighted by atomic mass is 10.1. The van der Waals surface area contributed by atoms with Crippen LogP contribution in [0.25, 0.3) is 0 Å². The first-order valence-electron chi connectivity index (χ1n) is 6.45. The normalized spacial score (nSPS) is 25.9. The van der Waals surface area contributed by atoms with E-state index in [1.54, 1.807) is 0 Å². The van der Waals surface area contributed by atoms with E-state index in [0.29, 0.717) is 12.3 Å². The molecule has 1 saturated heterocycles. The molecule has 0 aromatic heterocycles. The number of nitrogens with one attached hydrogen (secondary N) is 2. The predicted molar refractivity (Wildman–Crippen MR) is 64.3 cm³/mol. The van der Waals surface area contributed by atoms with Gasteiger partial charge in [-0.3, -0.25) is 4.79 Å². The topological polar surface area (TPSA) is 44.4 Å². The van der Waals surface area contributed by atoms with Crippen molar-refractivity contribution in [3.63, 3.8) is 0 Å². The van der Waals surface area contributed by atoms with Crippen molar-refractivity contribution in [2.24, 2.45) is 5.92 Å². The molecule has 1 unspecified atom stereocenters. The third kappa shape index (κ3) is 3.46. The summed E-state index contributed by atoms with van der Waals surface area (Å²) in [4.78, 5) is 14.0. The van der Waals surface area contributed by atoms with Gasteiger partial charge in [0.15, 0.2) is 0 Å². The second-order valence-electron chi connectivity index (χ2n) is 5.04.